The normalized spacial score (nSPS) is 26.0. The Kier molecular flexibility index (Phi) is 5.37. The summed E-state index contributed by atoms with van der Waals surface area (Å²) in [5.41, 5.74) is 3.04. The molecule has 134 valence electrons. The molecule has 25 heavy (non-hydrogen) atoms. The molecule has 1 aromatic rings. The van der Waals surface area contributed by atoms with Crippen molar-refractivity contribution in [2.45, 2.75) is 29.1 Å². The number of esters is 1. The van der Waals surface area contributed by atoms with Gasteiger partial charge in [-0.2, -0.15) is 5.26 Å². The molecule has 3 N–H and O–H groups in total. The number of benzene rings is 1. The first kappa shape index (κ1) is 19.2. The van der Waals surface area contributed by atoms with Crippen LogP contribution in [0, 0.1) is 16.7 Å². The van der Waals surface area contributed by atoms with Crippen molar-refractivity contribution < 1.29 is 27.9 Å². The maximum atomic E-state index is 12.8. The molecule has 1 amide bonds. The molecule has 0 heterocycles. The van der Waals surface area contributed by atoms with Gasteiger partial charge in [-0.15, -0.1) is 0 Å². The van der Waals surface area contributed by atoms with Crippen molar-refractivity contribution in [3.05, 3.63) is 29.3 Å². The third-order valence-electron chi connectivity index (χ3n) is 4.26. The van der Waals surface area contributed by atoms with Gasteiger partial charge in [-0.1, -0.05) is 23.7 Å². The van der Waals surface area contributed by atoms with Crippen LogP contribution in [0.15, 0.2) is 29.2 Å². The second-order valence-corrected chi connectivity index (χ2v) is 8.23. The number of aliphatic hydroxyl groups excluding tert-OH is 1. The van der Waals surface area contributed by atoms with E-state index >= 15 is 0 Å². The lowest BCUT2D eigenvalue weighted by molar-refractivity contribution is -0.165. The van der Waals surface area contributed by atoms with Crippen LogP contribution in [0.5, 0.6) is 0 Å². The maximum Gasteiger partial charge on any atom is 0.325 e. The van der Waals surface area contributed by atoms with Crippen LogP contribution in [0.25, 0.3) is 0 Å². The van der Waals surface area contributed by atoms with Gasteiger partial charge in [0.05, 0.1) is 21.3 Å². The zero-order valence-corrected chi connectivity index (χ0v) is 14.5. The number of carbonyl (C=O) groups excluding carboxylic acids is 2. The fraction of sp³-hybridized carbons (Fsp3) is 0.400. The smallest absolute Gasteiger partial charge is 0.325 e. The molecule has 0 spiro atoms. The molecule has 0 unspecified atom stereocenters. The lowest BCUT2D eigenvalue weighted by Crippen LogP contribution is -2.50. The van der Waals surface area contributed by atoms with Crippen LogP contribution in [-0.4, -0.2) is 43.4 Å². The molecule has 1 aliphatic rings. The van der Waals surface area contributed by atoms with Crippen LogP contribution in [0.4, 0.5) is 0 Å². The molecule has 1 fully saturated rings. The summed E-state index contributed by atoms with van der Waals surface area (Å²) in [6.45, 7) is -0.650. The van der Waals surface area contributed by atoms with Gasteiger partial charge in [-0.05, 0) is 25.0 Å². The third kappa shape index (κ3) is 3.20. The number of aliphatic hydroxyl groups is 1. The van der Waals surface area contributed by atoms with Crippen LogP contribution in [0.2, 0.25) is 5.02 Å². The average Bonchev–Trinajstić information content (AvgIpc) is 2.92. The van der Waals surface area contributed by atoms with Gasteiger partial charge in [0.1, 0.15) is 6.07 Å². The minimum atomic E-state index is -4.03. The Labute approximate surface area is 149 Å². The molecule has 0 saturated heterocycles. The monoisotopic (exact) mass is 386 g/mol. The Morgan fingerprint density at radius 2 is 2.08 bits per heavy atom. The van der Waals surface area contributed by atoms with Gasteiger partial charge in [0.15, 0.2) is 21.9 Å². The number of sulfone groups is 1. The van der Waals surface area contributed by atoms with E-state index in [0.29, 0.717) is 0 Å². The summed E-state index contributed by atoms with van der Waals surface area (Å²) in [7, 11) is -4.03. The second kappa shape index (κ2) is 7.00. The molecule has 1 aromatic carbocycles. The van der Waals surface area contributed by atoms with Crippen molar-refractivity contribution in [2.24, 2.45) is 11.1 Å². The number of hydrogen-bond donors (Lipinski definition) is 2. The Morgan fingerprint density at radius 3 is 2.64 bits per heavy atom. The Morgan fingerprint density at radius 1 is 1.44 bits per heavy atom. The molecular formula is C15H15ClN2O6S. The van der Waals surface area contributed by atoms with E-state index in [9.17, 15) is 23.1 Å². The number of ether oxygens (including phenoxy) is 1. The molecule has 8 nitrogen and oxygen atoms in total. The fourth-order valence-corrected chi connectivity index (χ4v) is 5.27. The topological polar surface area (TPSA) is 148 Å². The Bertz CT molecular complexity index is 850. The summed E-state index contributed by atoms with van der Waals surface area (Å²) in [5.74, 6) is -2.43. The maximum absolute atomic E-state index is 12.8. The highest BCUT2D eigenvalue weighted by molar-refractivity contribution is 7.92. The van der Waals surface area contributed by atoms with Crippen molar-refractivity contribution in [3.8, 4) is 6.07 Å². The molecule has 3 atom stereocenters. The number of primary amides is 1. The van der Waals surface area contributed by atoms with Crippen LogP contribution in [-0.2, 0) is 24.2 Å². The number of halogens is 1. The molecular weight excluding hydrogens is 372 g/mol. The number of rotatable bonds is 5. The summed E-state index contributed by atoms with van der Waals surface area (Å²) >= 11 is 5.93. The minimum absolute atomic E-state index is 0.0133. The van der Waals surface area contributed by atoms with E-state index in [-0.39, 0.29) is 9.92 Å². The van der Waals surface area contributed by atoms with Gasteiger partial charge in [0.25, 0.3) is 0 Å². The SMILES string of the molecule is N#CCOC(=O)[C@]1(C(N)=O)C[C@H](S(=O)(=O)c2ccccc2Cl)C[C@H]1O. The first-order valence-electron chi connectivity index (χ1n) is 7.18. The largest absolute Gasteiger partial charge is 0.449 e. The predicted molar refractivity (Wildman–Crippen MR) is 85.9 cm³/mol. The number of nitrogens with zero attached hydrogens (tertiary/aromatic N) is 1. The lowest BCUT2D eigenvalue weighted by atomic mass is 9.83. The number of carbonyl (C=O) groups is 2. The quantitative estimate of drug-likeness (QED) is 0.541. The van der Waals surface area contributed by atoms with Gasteiger partial charge in [-0.25, -0.2) is 8.42 Å². The van der Waals surface area contributed by atoms with E-state index in [1.165, 1.54) is 18.2 Å². The highest BCUT2D eigenvalue weighted by atomic mass is 35.5. The molecule has 1 saturated carbocycles. The van der Waals surface area contributed by atoms with Crippen molar-refractivity contribution in [1.82, 2.24) is 0 Å². The molecule has 10 heteroatoms. The Hall–Kier alpha value is -2.15. The van der Waals surface area contributed by atoms with Crippen LogP contribution < -0.4 is 5.73 Å². The summed E-state index contributed by atoms with van der Waals surface area (Å²) in [6.07, 6.45) is -2.60. The van der Waals surface area contributed by atoms with E-state index in [0.717, 1.165) is 0 Å². The summed E-state index contributed by atoms with van der Waals surface area (Å²) < 4.78 is 30.2. The number of hydrogen-bond acceptors (Lipinski definition) is 7. The van der Waals surface area contributed by atoms with E-state index in [2.05, 4.69) is 4.74 Å². The van der Waals surface area contributed by atoms with E-state index < -0.39 is 57.9 Å². The van der Waals surface area contributed by atoms with Gasteiger partial charge < -0.3 is 15.6 Å². The van der Waals surface area contributed by atoms with Crippen molar-refractivity contribution in [1.29, 1.82) is 5.26 Å². The molecule has 0 radical (unpaired) electrons. The molecule has 1 aliphatic carbocycles. The second-order valence-electron chi connectivity index (χ2n) is 5.62. The third-order valence-corrected chi connectivity index (χ3v) is 6.91. The predicted octanol–water partition coefficient (Wildman–Crippen LogP) is 0.175. The van der Waals surface area contributed by atoms with E-state index in [1.807, 2.05) is 0 Å². The molecule has 0 aromatic heterocycles. The van der Waals surface area contributed by atoms with E-state index in [4.69, 9.17) is 22.6 Å². The number of amides is 1. The fourth-order valence-electron chi connectivity index (χ4n) is 2.93. The molecule has 0 aliphatic heterocycles. The Balaban J connectivity index is 2.42. The van der Waals surface area contributed by atoms with Crippen LogP contribution in [0.3, 0.4) is 0 Å². The van der Waals surface area contributed by atoms with Gasteiger partial charge >= 0.3 is 5.97 Å². The minimum Gasteiger partial charge on any atom is -0.449 e. The highest BCUT2D eigenvalue weighted by Crippen LogP contribution is 2.44. The molecule has 2 rings (SSSR count). The van der Waals surface area contributed by atoms with Crippen molar-refractivity contribution in [2.75, 3.05) is 6.61 Å². The lowest BCUT2D eigenvalue weighted by Gasteiger charge is -2.26. The summed E-state index contributed by atoms with van der Waals surface area (Å²) in [6, 6.07) is 7.27. The highest BCUT2D eigenvalue weighted by Gasteiger charge is 2.60. The number of nitriles is 1. The van der Waals surface area contributed by atoms with Crippen LogP contribution >= 0.6 is 11.6 Å². The standard InChI is InChI=1S/C15H15ClN2O6S/c16-10-3-1-2-4-11(10)25(22,23)9-7-12(19)15(8-9,13(18)20)14(21)24-6-5-17/h1-4,9,12,19H,6-8H2,(H2,18,20)/t9-,12-,15-/m1/s1. The van der Waals surface area contributed by atoms with Crippen molar-refractivity contribution >= 4 is 33.3 Å². The van der Waals surface area contributed by atoms with Gasteiger partial charge in [0.2, 0.25) is 5.91 Å². The first-order chi connectivity index (χ1) is 11.7. The first-order valence-corrected chi connectivity index (χ1v) is 9.11. The van der Waals surface area contributed by atoms with Gasteiger partial charge in [0, 0.05) is 0 Å². The zero-order valence-electron chi connectivity index (χ0n) is 12.9. The molecule has 0 bridgehead atoms. The number of nitrogens with two attached hydrogens (primary N) is 1. The summed E-state index contributed by atoms with van der Waals surface area (Å²) in [4.78, 5) is 23.9. The zero-order chi connectivity index (χ0) is 18.8. The van der Waals surface area contributed by atoms with E-state index in [1.54, 1.807) is 12.1 Å². The van der Waals surface area contributed by atoms with Crippen LogP contribution in [0.1, 0.15) is 12.8 Å². The van der Waals surface area contributed by atoms with Gasteiger partial charge in [-0.3, -0.25) is 9.59 Å². The van der Waals surface area contributed by atoms with Crippen molar-refractivity contribution in [3.63, 3.8) is 0 Å². The average molecular weight is 387 g/mol. The summed E-state index contributed by atoms with van der Waals surface area (Å²) in [5, 5.41) is 17.5.